The maximum absolute atomic E-state index is 12.0. The fraction of sp³-hybridized carbons (Fsp3) is 0.133. The molecule has 0 bridgehead atoms. The molecule has 23 heavy (non-hydrogen) atoms. The van der Waals surface area contributed by atoms with E-state index in [1.54, 1.807) is 25.1 Å². The molecule has 0 aliphatic heterocycles. The van der Waals surface area contributed by atoms with Crippen molar-refractivity contribution in [1.29, 1.82) is 0 Å². The summed E-state index contributed by atoms with van der Waals surface area (Å²) in [6, 6.07) is 7.07. The molecular formula is C15H9Cl3N2O2S. The van der Waals surface area contributed by atoms with Crippen molar-refractivity contribution in [2.24, 2.45) is 0 Å². The normalized spacial score (nSPS) is 11.0. The van der Waals surface area contributed by atoms with Crippen LogP contribution in [0.1, 0.15) is 17.4 Å². The van der Waals surface area contributed by atoms with Crippen molar-refractivity contribution in [1.82, 2.24) is 10.2 Å². The Morgan fingerprint density at radius 1 is 1.13 bits per heavy atom. The number of carbonyl (C=O) groups is 1. The predicted molar refractivity (Wildman–Crippen MR) is 93.8 cm³/mol. The minimum Gasteiger partial charge on any atom is -0.461 e. The summed E-state index contributed by atoms with van der Waals surface area (Å²) in [6.45, 7) is 1.99. The smallest absolute Gasteiger partial charge is 0.360 e. The molecule has 0 saturated carbocycles. The number of aromatic nitrogens is 2. The summed E-state index contributed by atoms with van der Waals surface area (Å²) >= 11 is 19.6. The summed E-state index contributed by atoms with van der Waals surface area (Å²) in [6.07, 6.45) is 0. The van der Waals surface area contributed by atoms with Crippen LogP contribution in [0.3, 0.4) is 0 Å². The van der Waals surface area contributed by atoms with Crippen LogP contribution in [0.2, 0.25) is 15.2 Å². The van der Waals surface area contributed by atoms with Crippen LogP contribution in [0, 0.1) is 0 Å². The maximum atomic E-state index is 12.0. The summed E-state index contributed by atoms with van der Waals surface area (Å²) in [7, 11) is 0. The minimum atomic E-state index is -0.529. The summed E-state index contributed by atoms with van der Waals surface area (Å²) in [5, 5.41) is 9.61. The summed E-state index contributed by atoms with van der Waals surface area (Å²) < 4.78 is 5.63. The van der Waals surface area contributed by atoms with E-state index >= 15 is 0 Å². The van der Waals surface area contributed by atoms with E-state index in [-0.39, 0.29) is 17.5 Å². The lowest BCUT2D eigenvalue weighted by Crippen LogP contribution is -2.08. The quantitative estimate of drug-likeness (QED) is 0.557. The van der Waals surface area contributed by atoms with Gasteiger partial charge in [0.15, 0.2) is 10.8 Å². The van der Waals surface area contributed by atoms with Gasteiger partial charge in [0.25, 0.3) is 0 Å². The Hall–Kier alpha value is -1.40. The minimum absolute atomic E-state index is 0.149. The molecule has 3 rings (SSSR count). The van der Waals surface area contributed by atoms with E-state index in [0.29, 0.717) is 20.1 Å². The first-order valence-electron chi connectivity index (χ1n) is 6.59. The van der Waals surface area contributed by atoms with Crippen LogP contribution in [-0.4, -0.2) is 22.8 Å². The summed E-state index contributed by atoms with van der Waals surface area (Å²) in [5.74, 6) is -0.529. The highest BCUT2D eigenvalue weighted by molar-refractivity contribution is 7.22. The number of hydrogen-bond donors (Lipinski definition) is 0. The van der Waals surface area contributed by atoms with Crippen molar-refractivity contribution in [2.75, 3.05) is 6.61 Å². The van der Waals surface area contributed by atoms with Gasteiger partial charge in [-0.05, 0) is 36.8 Å². The zero-order chi connectivity index (χ0) is 16.6. The molecule has 0 aliphatic carbocycles. The Morgan fingerprint density at radius 2 is 1.83 bits per heavy atom. The van der Waals surface area contributed by atoms with E-state index in [4.69, 9.17) is 39.5 Å². The van der Waals surface area contributed by atoms with Crippen molar-refractivity contribution < 1.29 is 9.53 Å². The zero-order valence-electron chi connectivity index (χ0n) is 11.8. The molecule has 3 aromatic rings. The van der Waals surface area contributed by atoms with Crippen molar-refractivity contribution in [3.8, 4) is 10.4 Å². The van der Waals surface area contributed by atoms with Crippen LogP contribution < -0.4 is 0 Å². The molecule has 0 spiro atoms. The van der Waals surface area contributed by atoms with Crippen LogP contribution in [-0.2, 0) is 4.74 Å². The number of rotatable bonds is 3. The lowest BCUT2D eigenvalue weighted by atomic mass is 10.2. The first kappa shape index (κ1) is 16.5. The van der Waals surface area contributed by atoms with E-state index in [0.717, 1.165) is 10.4 Å². The molecule has 0 amide bonds. The SMILES string of the molecule is CCOC(=O)c1nnc(Cl)c2cc(-c3cc(Cl)cc(Cl)c3)sc12. The molecule has 1 aromatic carbocycles. The van der Waals surface area contributed by atoms with Crippen molar-refractivity contribution in [2.45, 2.75) is 6.92 Å². The Labute approximate surface area is 150 Å². The second-order valence-electron chi connectivity index (χ2n) is 4.57. The van der Waals surface area contributed by atoms with Crippen LogP contribution >= 0.6 is 46.1 Å². The van der Waals surface area contributed by atoms with E-state index in [1.807, 2.05) is 6.07 Å². The largest absolute Gasteiger partial charge is 0.461 e. The Kier molecular flexibility index (Phi) is 4.73. The molecule has 0 aliphatic rings. The van der Waals surface area contributed by atoms with Gasteiger partial charge in [0, 0.05) is 20.3 Å². The molecule has 0 atom stereocenters. The number of esters is 1. The van der Waals surface area contributed by atoms with Gasteiger partial charge in [-0.1, -0.05) is 34.8 Å². The van der Waals surface area contributed by atoms with Crippen LogP contribution in [0.4, 0.5) is 0 Å². The number of halogens is 3. The summed E-state index contributed by atoms with van der Waals surface area (Å²) in [4.78, 5) is 12.9. The van der Waals surface area contributed by atoms with Gasteiger partial charge >= 0.3 is 5.97 Å². The Balaban J connectivity index is 2.19. The molecule has 0 unspecified atom stereocenters. The third-order valence-electron chi connectivity index (χ3n) is 3.02. The van der Waals surface area contributed by atoms with Crippen molar-refractivity contribution in [3.05, 3.63) is 45.2 Å². The fourth-order valence-corrected chi connectivity index (χ4v) is 3.97. The molecule has 0 saturated heterocycles. The highest BCUT2D eigenvalue weighted by Gasteiger charge is 2.19. The monoisotopic (exact) mass is 386 g/mol. The number of carbonyl (C=O) groups excluding carboxylic acids is 1. The first-order chi connectivity index (χ1) is 11.0. The molecule has 4 nitrogen and oxygen atoms in total. The van der Waals surface area contributed by atoms with E-state index in [2.05, 4.69) is 10.2 Å². The van der Waals surface area contributed by atoms with E-state index < -0.39 is 5.97 Å². The highest BCUT2D eigenvalue weighted by Crippen LogP contribution is 2.39. The molecule has 118 valence electrons. The van der Waals surface area contributed by atoms with E-state index in [1.165, 1.54) is 11.3 Å². The second-order valence-corrected chi connectivity index (χ2v) is 6.85. The number of nitrogens with zero attached hydrogens (tertiary/aromatic N) is 2. The van der Waals surface area contributed by atoms with Gasteiger partial charge < -0.3 is 4.74 Å². The highest BCUT2D eigenvalue weighted by atomic mass is 35.5. The van der Waals surface area contributed by atoms with Gasteiger partial charge in [-0.25, -0.2) is 4.79 Å². The van der Waals surface area contributed by atoms with Gasteiger partial charge in [-0.2, -0.15) is 0 Å². The third-order valence-corrected chi connectivity index (χ3v) is 4.93. The zero-order valence-corrected chi connectivity index (χ0v) is 14.9. The summed E-state index contributed by atoms with van der Waals surface area (Å²) in [5.41, 5.74) is 0.977. The molecule has 0 fully saturated rings. The van der Waals surface area contributed by atoms with Crippen molar-refractivity contribution in [3.63, 3.8) is 0 Å². The lowest BCUT2D eigenvalue weighted by molar-refractivity contribution is 0.0521. The molecule has 2 aromatic heterocycles. The second kappa shape index (κ2) is 6.61. The average Bonchev–Trinajstić information content (AvgIpc) is 2.93. The number of hydrogen-bond acceptors (Lipinski definition) is 5. The average molecular weight is 388 g/mol. The molecular weight excluding hydrogens is 379 g/mol. The molecule has 2 heterocycles. The Bertz CT molecular complexity index is 891. The van der Waals surface area contributed by atoms with Gasteiger partial charge in [-0.3, -0.25) is 0 Å². The standard InChI is InChI=1S/C15H9Cl3N2O2S/c1-2-22-15(21)12-13-10(14(18)20-19-12)6-11(23-13)7-3-8(16)5-9(17)4-7/h3-6H,2H2,1H3. The predicted octanol–water partition coefficient (Wildman–Crippen LogP) is 5.50. The molecule has 8 heteroatoms. The van der Waals surface area contributed by atoms with Crippen LogP contribution in [0.15, 0.2) is 24.3 Å². The topological polar surface area (TPSA) is 52.1 Å². The number of thiophene rings is 1. The molecule has 0 radical (unpaired) electrons. The lowest BCUT2D eigenvalue weighted by Gasteiger charge is -2.01. The third kappa shape index (κ3) is 3.28. The molecule has 0 N–H and O–H groups in total. The number of benzene rings is 1. The van der Waals surface area contributed by atoms with Crippen LogP contribution in [0.25, 0.3) is 20.5 Å². The number of fused-ring (bicyclic) bond motifs is 1. The number of ether oxygens (including phenoxy) is 1. The van der Waals surface area contributed by atoms with Crippen LogP contribution in [0.5, 0.6) is 0 Å². The van der Waals surface area contributed by atoms with Gasteiger partial charge in [-0.15, -0.1) is 21.5 Å². The Morgan fingerprint density at radius 3 is 2.48 bits per heavy atom. The van der Waals surface area contributed by atoms with Gasteiger partial charge in [0.05, 0.1) is 11.3 Å². The van der Waals surface area contributed by atoms with Gasteiger partial charge in [0.1, 0.15) is 0 Å². The van der Waals surface area contributed by atoms with Crippen molar-refractivity contribution >= 4 is 62.2 Å². The fourth-order valence-electron chi connectivity index (χ4n) is 2.08. The first-order valence-corrected chi connectivity index (χ1v) is 8.54. The maximum Gasteiger partial charge on any atom is 0.360 e. The van der Waals surface area contributed by atoms with E-state index in [9.17, 15) is 4.79 Å². The van der Waals surface area contributed by atoms with Gasteiger partial charge in [0.2, 0.25) is 0 Å².